The first kappa shape index (κ1) is 8.97. The van der Waals surface area contributed by atoms with Crippen molar-refractivity contribution in [3.05, 3.63) is 39.6 Å². The molecular weight excluding hydrogens is 298 g/mol. The standard InChI is InChI=1S/C9H5Br2NO/c10-6-4-5-13-9(6)7-2-1-3-8(11)12-7/h1-5H. The van der Waals surface area contributed by atoms with Crippen molar-refractivity contribution >= 4 is 31.9 Å². The zero-order valence-electron chi connectivity index (χ0n) is 6.50. The summed E-state index contributed by atoms with van der Waals surface area (Å²) in [5, 5.41) is 0. The first-order valence-electron chi connectivity index (χ1n) is 3.63. The van der Waals surface area contributed by atoms with Gasteiger partial charge in [0, 0.05) is 0 Å². The number of rotatable bonds is 1. The van der Waals surface area contributed by atoms with Crippen LogP contribution in [0.5, 0.6) is 0 Å². The van der Waals surface area contributed by atoms with Gasteiger partial charge in [0.1, 0.15) is 10.3 Å². The average molecular weight is 303 g/mol. The highest BCUT2D eigenvalue weighted by Gasteiger charge is 2.07. The summed E-state index contributed by atoms with van der Waals surface area (Å²) in [5.41, 5.74) is 0.811. The highest BCUT2D eigenvalue weighted by atomic mass is 79.9. The topological polar surface area (TPSA) is 26.0 Å². The van der Waals surface area contributed by atoms with E-state index in [1.807, 2.05) is 24.3 Å². The second-order valence-corrected chi connectivity index (χ2v) is 4.11. The second-order valence-electron chi connectivity index (χ2n) is 2.44. The van der Waals surface area contributed by atoms with Gasteiger partial charge in [-0.05, 0) is 50.1 Å². The highest BCUT2D eigenvalue weighted by Crippen LogP contribution is 2.28. The summed E-state index contributed by atoms with van der Waals surface area (Å²) in [5.74, 6) is 0.751. The van der Waals surface area contributed by atoms with Crippen LogP contribution in [-0.4, -0.2) is 4.98 Å². The van der Waals surface area contributed by atoms with Crippen molar-refractivity contribution in [1.82, 2.24) is 4.98 Å². The van der Waals surface area contributed by atoms with E-state index in [1.165, 1.54) is 0 Å². The molecule has 0 spiro atoms. The summed E-state index contributed by atoms with van der Waals surface area (Å²) in [6, 6.07) is 7.54. The van der Waals surface area contributed by atoms with E-state index in [1.54, 1.807) is 6.26 Å². The van der Waals surface area contributed by atoms with E-state index >= 15 is 0 Å². The molecule has 0 saturated carbocycles. The number of pyridine rings is 1. The molecule has 0 unspecified atom stereocenters. The van der Waals surface area contributed by atoms with Crippen molar-refractivity contribution < 1.29 is 4.42 Å². The third-order valence-electron chi connectivity index (χ3n) is 1.56. The monoisotopic (exact) mass is 301 g/mol. The quantitative estimate of drug-likeness (QED) is 0.748. The van der Waals surface area contributed by atoms with E-state index in [0.29, 0.717) is 0 Å². The summed E-state index contributed by atoms with van der Waals surface area (Å²) in [7, 11) is 0. The number of hydrogen-bond donors (Lipinski definition) is 0. The molecule has 0 aliphatic carbocycles. The molecule has 0 bridgehead atoms. The van der Waals surface area contributed by atoms with Crippen LogP contribution in [0.3, 0.4) is 0 Å². The number of hydrogen-bond acceptors (Lipinski definition) is 2. The van der Waals surface area contributed by atoms with Gasteiger partial charge in [-0.2, -0.15) is 0 Å². The molecule has 2 aromatic rings. The number of furan rings is 1. The molecule has 0 aliphatic rings. The van der Waals surface area contributed by atoms with Gasteiger partial charge >= 0.3 is 0 Å². The fourth-order valence-corrected chi connectivity index (χ4v) is 1.76. The van der Waals surface area contributed by atoms with E-state index in [2.05, 4.69) is 36.8 Å². The average Bonchev–Trinajstić information content (AvgIpc) is 2.51. The Labute approximate surface area is 92.2 Å². The third-order valence-corrected chi connectivity index (χ3v) is 2.63. The molecule has 0 radical (unpaired) electrons. The highest BCUT2D eigenvalue weighted by molar-refractivity contribution is 9.10. The largest absolute Gasteiger partial charge is 0.461 e. The molecule has 0 aromatic carbocycles. The van der Waals surface area contributed by atoms with Gasteiger partial charge in [-0.3, -0.25) is 0 Å². The molecule has 2 aromatic heterocycles. The Hall–Kier alpha value is -0.610. The maximum Gasteiger partial charge on any atom is 0.166 e. The van der Waals surface area contributed by atoms with Gasteiger partial charge < -0.3 is 4.42 Å². The van der Waals surface area contributed by atoms with Crippen molar-refractivity contribution in [3.63, 3.8) is 0 Å². The Morgan fingerprint density at radius 2 is 2.00 bits per heavy atom. The van der Waals surface area contributed by atoms with E-state index in [-0.39, 0.29) is 0 Å². The number of aromatic nitrogens is 1. The molecule has 0 saturated heterocycles. The van der Waals surface area contributed by atoms with Gasteiger partial charge in [0.15, 0.2) is 5.76 Å². The molecule has 0 fully saturated rings. The lowest BCUT2D eigenvalue weighted by Crippen LogP contribution is -1.81. The van der Waals surface area contributed by atoms with Crippen molar-refractivity contribution in [2.45, 2.75) is 0 Å². The summed E-state index contributed by atoms with van der Waals surface area (Å²) in [6.45, 7) is 0. The van der Waals surface area contributed by atoms with Crippen molar-refractivity contribution in [1.29, 1.82) is 0 Å². The second kappa shape index (κ2) is 3.64. The maximum atomic E-state index is 5.28. The zero-order valence-corrected chi connectivity index (χ0v) is 9.67. The minimum atomic E-state index is 0.751. The van der Waals surface area contributed by atoms with Crippen LogP contribution in [0, 0.1) is 0 Å². The van der Waals surface area contributed by atoms with Crippen molar-refractivity contribution in [2.24, 2.45) is 0 Å². The lowest BCUT2D eigenvalue weighted by Gasteiger charge is -1.96. The predicted octanol–water partition coefficient (Wildman–Crippen LogP) is 3.87. The molecule has 0 N–H and O–H groups in total. The van der Waals surface area contributed by atoms with Crippen molar-refractivity contribution in [2.75, 3.05) is 0 Å². The smallest absolute Gasteiger partial charge is 0.166 e. The molecular formula is C9H5Br2NO. The van der Waals surface area contributed by atoms with Gasteiger partial charge in [-0.1, -0.05) is 6.07 Å². The maximum absolute atomic E-state index is 5.28. The molecule has 13 heavy (non-hydrogen) atoms. The van der Waals surface area contributed by atoms with Crippen LogP contribution in [0.1, 0.15) is 0 Å². The Kier molecular flexibility index (Phi) is 2.51. The first-order valence-corrected chi connectivity index (χ1v) is 5.22. The third kappa shape index (κ3) is 1.84. The molecule has 2 rings (SSSR count). The van der Waals surface area contributed by atoms with Gasteiger partial charge in [0.25, 0.3) is 0 Å². The summed E-state index contributed by atoms with van der Waals surface area (Å²) < 4.78 is 6.99. The molecule has 2 heterocycles. The Morgan fingerprint density at radius 1 is 1.15 bits per heavy atom. The zero-order chi connectivity index (χ0) is 9.26. The van der Waals surface area contributed by atoms with Crippen LogP contribution in [-0.2, 0) is 0 Å². The fourth-order valence-electron chi connectivity index (χ4n) is 1.01. The van der Waals surface area contributed by atoms with E-state index < -0.39 is 0 Å². The SMILES string of the molecule is Brc1cccc(-c2occc2Br)n1. The minimum Gasteiger partial charge on any atom is -0.461 e. The van der Waals surface area contributed by atoms with Gasteiger partial charge in [0.05, 0.1) is 10.7 Å². The molecule has 4 heteroatoms. The van der Waals surface area contributed by atoms with Gasteiger partial charge in [-0.25, -0.2) is 4.98 Å². The normalized spacial score (nSPS) is 10.3. The first-order chi connectivity index (χ1) is 6.27. The molecule has 0 aliphatic heterocycles. The van der Waals surface area contributed by atoms with Crippen LogP contribution >= 0.6 is 31.9 Å². The van der Waals surface area contributed by atoms with E-state index in [4.69, 9.17) is 4.42 Å². The van der Waals surface area contributed by atoms with Crippen LogP contribution in [0.15, 0.2) is 44.0 Å². The van der Waals surface area contributed by atoms with E-state index in [0.717, 1.165) is 20.5 Å². The predicted molar refractivity (Wildman–Crippen MR) is 57.3 cm³/mol. The molecule has 2 nitrogen and oxygen atoms in total. The van der Waals surface area contributed by atoms with Crippen LogP contribution in [0.25, 0.3) is 11.5 Å². The fraction of sp³-hybridized carbons (Fsp3) is 0. The molecule has 66 valence electrons. The molecule has 0 atom stereocenters. The lowest BCUT2D eigenvalue weighted by atomic mass is 10.3. The Balaban J connectivity index is 2.53. The Morgan fingerprint density at radius 3 is 2.62 bits per heavy atom. The van der Waals surface area contributed by atoms with Crippen molar-refractivity contribution in [3.8, 4) is 11.5 Å². The Bertz CT molecular complexity index is 425. The minimum absolute atomic E-state index is 0.751. The number of halogens is 2. The van der Waals surface area contributed by atoms with Crippen LogP contribution < -0.4 is 0 Å². The summed E-state index contributed by atoms with van der Waals surface area (Å²) >= 11 is 6.68. The number of nitrogens with zero attached hydrogens (tertiary/aromatic N) is 1. The van der Waals surface area contributed by atoms with Crippen LogP contribution in [0.4, 0.5) is 0 Å². The summed E-state index contributed by atoms with van der Waals surface area (Å²) in [6.07, 6.45) is 1.63. The van der Waals surface area contributed by atoms with Gasteiger partial charge in [0.2, 0.25) is 0 Å². The van der Waals surface area contributed by atoms with Gasteiger partial charge in [-0.15, -0.1) is 0 Å². The summed E-state index contributed by atoms with van der Waals surface area (Å²) in [4.78, 5) is 4.27. The van der Waals surface area contributed by atoms with Crippen LogP contribution in [0.2, 0.25) is 0 Å². The van der Waals surface area contributed by atoms with E-state index in [9.17, 15) is 0 Å². The molecule has 0 amide bonds. The lowest BCUT2D eigenvalue weighted by molar-refractivity contribution is 0.578.